The van der Waals surface area contributed by atoms with Crippen LogP contribution in [0.2, 0.25) is 0 Å². The molecule has 2 N–H and O–H groups in total. The molecule has 1 fully saturated rings. The maximum Gasteiger partial charge on any atom is 0.0560 e. The molecule has 2 rings (SSSR count). The van der Waals surface area contributed by atoms with E-state index < -0.39 is 0 Å². The largest absolute Gasteiger partial charge is 0.393 e. The molecule has 0 bridgehead atoms. The zero-order valence-electron chi connectivity index (χ0n) is 8.40. The summed E-state index contributed by atoms with van der Waals surface area (Å²) in [4.78, 5) is 4.14. The Morgan fingerprint density at radius 3 is 3.00 bits per heavy atom. The Morgan fingerprint density at radius 1 is 1.50 bits per heavy atom. The molecule has 0 amide bonds. The second kappa shape index (κ2) is 3.96. The Kier molecular flexibility index (Phi) is 2.68. The number of rotatable bonds is 2. The van der Waals surface area contributed by atoms with Crippen molar-refractivity contribution in [1.82, 2.24) is 4.98 Å². The number of aliphatic hydroxyl groups excluding tert-OH is 1. The molecular formula is C11H16N2O. The Hall–Kier alpha value is -1.09. The van der Waals surface area contributed by atoms with Crippen LogP contribution in [0.4, 0.5) is 5.69 Å². The monoisotopic (exact) mass is 192 g/mol. The molecule has 14 heavy (non-hydrogen) atoms. The van der Waals surface area contributed by atoms with Crippen molar-refractivity contribution >= 4 is 5.69 Å². The summed E-state index contributed by atoms with van der Waals surface area (Å²) in [5.74, 6) is 0. The van der Waals surface area contributed by atoms with E-state index in [9.17, 15) is 5.11 Å². The number of anilines is 1. The highest BCUT2D eigenvalue weighted by atomic mass is 16.3. The van der Waals surface area contributed by atoms with E-state index in [-0.39, 0.29) is 6.10 Å². The van der Waals surface area contributed by atoms with Gasteiger partial charge < -0.3 is 10.4 Å². The molecule has 0 unspecified atom stereocenters. The third-order valence-corrected chi connectivity index (χ3v) is 2.67. The van der Waals surface area contributed by atoms with Crippen LogP contribution < -0.4 is 5.32 Å². The summed E-state index contributed by atoms with van der Waals surface area (Å²) < 4.78 is 0. The molecule has 76 valence electrons. The van der Waals surface area contributed by atoms with Crippen LogP contribution in [0.1, 0.15) is 25.0 Å². The van der Waals surface area contributed by atoms with Crippen LogP contribution in [-0.2, 0) is 0 Å². The Labute approximate surface area is 84.2 Å². The predicted octanol–water partition coefficient (Wildman–Crippen LogP) is 1.72. The van der Waals surface area contributed by atoms with E-state index in [1.54, 1.807) is 0 Å². The van der Waals surface area contributed by atoms with Crippen LogP contribution >= 0.6 is 0 Å². The van der Waals surface area contributed by atoms with Gasteiger partial charge in [0.25, 0.3) is 0 Å². The summed E-state index contributed by atoms with van der Waals surface area (Å²) in [6.45, 7) is 1.98. The maximum absolute atomic E-state index is 9.38. The Morgan fingerprint density at radius 2 is 2.36 bits per heavy atom. The number of hydrogen-bond acceptors (Lipinski definition) is 3. The van der Waals surface area contributed by atoms with Crippen LogP contribution in [0.5, 0.6) is 0 Å². The third kappa shape index (κ3) is 2.23. The number of pyridine rings is 1. The highest BCUT2D eigenvalue weighted by Gasteiger charge is 2.22. The maximum atomic E-state index is 9.38. The fourth-order valence-electron chi connectivity index (χ4n) is 1.96. The summed E-state index contributed by atoms with van der Waals surface area (Å²) in [7, 11) is 0. The molecule has 1 aliphatic carbocycles. The molecular weight excluding hydrogens is 176 g/mol. The summed E-state index contributed by atoms with van der Waals surface area (Å²) in [6, 6.07) is 4.43. The highest BCUT2D eigenvalue weighted by molar-refractivity contribution is 5.44. The molecule has 1 aromatic rings. The van der Waals surface area contributed by atoms with Crippen LogP contribution in [0, 0.1) is 6.92 Å². The van der Waals surface area contributed by atoms with Crippen LogP contribution in [0.25, 0.3) is 0 Å². The van der Waals surface area contributed by atoms with Crippen LogP contribution in [0.3, 0.4) is 0 Å². The van der Waals surface area contributed by atoms with E-state index in [4.69, 9.17) is 0 Å². The van der Waals surface area contributed by atoms with E-state index in [1.807, 2.05) is 25.3 Å². The number of hydrogen-bond donors (Lipinski definition) is 2. The van der Waals surface area contributed by atoms with E-state index in [1.165, 1.54) is 0 Å². The normalized spacial score (nSPS) is 26.4. The molecule has 3 nitrogen and oxygen atoms in total. The second-order valence-electron chi connectivity index (χ2n) is 3.99. The number of nitrogens with one attached hydrogen (secondary N) is 1. The van der Waals surface area contributed by atoms with Gasteiger partial charge >= 0.3 is 0 Å². The van der Waals surface area contributed by atoms with Crippen molar-refractivity contribution in [2.45, 2.75) is 38.3 Å². The van der Waals surface area contributed by atoms with Crippen molar-refractivity contribution in [2.24, 2.45) is 0 Å². The molecule has 1 heterocycles. The van der Waals surface area contributed by atoms with Gasteiger partial charge in [-0.1, -0.05) is 0 Å². The fraction of sp³-hybridized carbons (Fsp3) is 0.545. The Balaban J connectivity index is 1.97. The van der Waals surface area contributed by atoms with Gasteiger partial charge in [0.1, 0.15) is 0 Å². The summed E-state index contributed by atoms with van der Waals surface area (Å²) in [6.07, 6.45) is 4.53. The van der Waals surface area contributed by atoms with Gasteiger partial charge in [-0.3, -0.25) is 4.98 Å². The topological polar surface area (TPSA) is 45.1 Å². The van der Waals surface area contributed by atoms with Crippen LogP contribution in [-0.4, -0.2) is 22.2 Å². The van der Waals surface area contributed by atoms with Gasteiger partial charge in [0, 0.05) is 23.6 Å². The molecule has 0 radical (unpaired) electrons. The molecule has 2 atom stereocenters. The SMILES string of the molecule is Cc1cc(N[C@H]2CC[C@@H](O)C2)ccn1. The third-order valence-electron chi connectivity index (χ3n) is 2.67. The summed E-state index contributed by atoms with van der Waals surface area (Å²) in [5.41, 5.74) is 2.13. The van der Waals surface area contributed by atoms with Crippen molar-refractivity contribution in [2.75, 3.05) is 5.32 Å². The first-order valence-corrected chi connectivity index (χ1v) is 5.11. The smallest absolute Gasteiger partial charge is 0.0560 e. The van der Waals surface area contributed by atoms with E-state index in [0.29, 0.717) is 6.04 Å². The lowest BCUT2D eigenvalue weighted by Crippen LogP contribution is -2.16. The first kappa shape index (κ1) is 9.46. The van der Waals surface area contributed by atoms with E-state index in [0.717, 1.165) is 30.6 Å². The fourth-order valence-corrected chi connectivity index (χ4v) is 1.96. The first-order chi connectivity index (χ1) is 6.74. The lowest BCUT2D eigenvalue weighted by Gasteiger charge is -2.13. The minimum absolute atomic E-state index is 0.115. The molecule has 0 saturated heterocycles. The average molecular weight is 192 g/mol. The molecule has 0 aromatic carbocycles. The number of nitrogens with zero attached hydrogens (tertiary/aromatic N) is 1. The van der Waals surface area contributed by atoms with E-state index >= 15 is 0 Å². The lowest BCUT2D eigenvalue weighted by molar-refractivity contribution is 0.182. The second-order valence-corrected chi connectivity index (χ2v) is 3.99. The quantitative estimate of drug-likeness (QED) is 0.750. The molecule has 1 aromatic heterocycles. The number of aromatic nitrogens is 1. The molecule has 0 aliphatic heterocycles. The predicted molar refractivity (Wildman–Crippen MR) is 56.2 cm³/mol. The molecule has 0 spiro atoms. The van der Waals surface area contributed by atoms with Crippen molar-refractivity contribution in [3.63, 3.8) is 0 Å². The molecule has 1 aliphatic rings. The molecule has 1 saturated carbocycles. The summed E-state index contributed by atoms with van der Waals surface area (Å²) in [5, 5.41) is 12.8. The standard InChI is InChI=1S/C11H16N2O/c1-8-6-10(4-5-12-8)13-9-2-3-11(14)7-9/h4-6,9,11,14H,2-3,7H2,1H3,(H,12,13)/t9-,11+/m0/s1. The van der Waals surface area contributed by atoms with Gasteiger partial charge in [-0.25, -0.2) is 0 Å². The summed E-state index contributed by atoms with van der Waals surface area (Å²) >= 11 is 0. The minimum Gasteiger partial charge on any atom is -0.393 e. The number of aryl methyl sites for hydroxylation is 1. The van der Waals surface area contributed by atoms with Gasteiger partial charge in [0.05, 0.1) is 6.10 Å². The number of aliphatic hydroxyl groups is 1. The zero-order valence-corrected chi connectivity index (χ0v) is 8.40. The van der Waals surface area contributed by atoms with Gasteiger partial charge in [-0.15, -0.1) is 0 Å². The van der Waals surface area contributed by atoms with Gasteiger partial charge in [0.2, 0.25) is 0 Å². The lowest BCUT2D eigenvalue weighted by atomic mass is 10.2. The van der Waals surface area contributed by atoms with E-state index in [2.05, 4.69) is 10.3 Å². The zero-order chi connectivity index (χ0) is 9.97. The van der Waals surface area contributed by atoms with Crippen molar-refractivity contribution in [3.05, 3.63) is 24.0 Å². The first-order valence-electron chi connectivity index (χ1n) is 5.11. The van der Waals surface area contributed by atoms with Crippen LogP contribution in [0.15, 0.2) is 18.3 Å². The Bertz CT molecular complexity index is 314. The average Bonchev–Trinajstić information content (AvgIpc) is 2.51. The van der Waals surface area contributed by atoms with Crippen molar-refractivity contribution in [1.29, 1.82) is 0 Å². The highest BCUT2D eigenvalue weighted by Crippen LogP contribution is 2.22. The van der Waals surface area contributed by atoms with Crippen molar-refractivity contribution < 1.29 is 5.11 Å². The van der Waals surface area contributed by atoms with Gasteiger partial charge in [0.15, 0.2) is 0 Å². The van der Waals surface area contributed by atoms with Gasteiger partial charge in [-0.2, -0.15) is 0 Å². The van der Waals surface area contributed by atoms with Gasteiger partial charge in [-0.05, 0) is 38.3 Å². The minimum atomic E-state index is -0.115. The van der Waals surface area contributed by atoms with Crippen molar-refractivity contribution in [3.8, 4) is 0 Å². The molecule has 3 heteroatoms.